The van der Waals surface area contributed by atoms with E-state index in [4.69, 9.17) is 11.6 Å². The average Bonchev–Trinajstić information content (AvgIpc) is 2.91. The second kappa shape index (κ2) is 5.69. The highest BCUT2D eigenvalue weighted by molar-refractivity contribution is 6.30. The molecule has 0 aliphatic carbocycles. The van der Waals surface area contributed by atoms with Crippen LogP contribution in [0.15, 0.2) is 42.5 Å². The summed E-state index contributed by atoms with van der Waals surface area (Å²) in [5, 5.41) is 8.49. The van der Waals surface area contributed by atoms with Crippen molar-refractivity contribution in [3.8, 4) is 16.9 Å². The summed E-state index contributed by atoms with van der Waals surface area (Å²) in [4.78, 5) is 11.2. The summed E-state index contributed by atoms with van der Waals surface area (Å²) in [5.74, 6) is -0.394. The van der Waals surface area contributed by atoms with Crippen molar-refractivity contribution in [2.24, 2.45) is 0 Å². The topological polar surface area (TPSA) is 47.8 Å². The van der Waals surface area contributed by atoms with Gasteiger partial charge in [0.1, 0.15) is 11.5 Å². The third kappa shape index (κ3) is 2.51. The molecule has 0 aliphatic heterocycles. The lowest BCUT2D eigenvalue weighted by atomic mass is 10.1. The van der Waals surface area contributed by atoms with E-state index in [2.05, 4.69) is 10.3 Å². The summed E-state index contributed by atoms with van der Waals surface area (Å²) in [6, 6.07) is 11.3. The predicted molar refractivity (Wildman–Crippen MR) is 81.9 cm³/mol. The van der Waals surface area contributed by atoms with E-state index in [-0.39, 0.29) is 5.69 Å². The molecule has 4 nitrogen and oxygen atoms in total. The molecule has 0 unspecified atom stereocenters. The number of nitrogens with zero attached hydrogens (tertiary/aromatic N) is 3. The van der Waals surface area contributed by atoms with Crippen molar-refractivity contribution in [1.29, 1.82) is 0 Å². The van der Waals surface area contributed by atoms with Crippen LogP contribution in [-0.4, -0.2) is 21.3 Å². The lowest BCUT2D eigenvalue weighted by Gasteiger charge is -2.10. The van der Waals surface area contributed by atoms with E-state index in [1.165, 1.54) is 16.8 Å². The Morgan fingerprint density at radius 1 is 1.23 bits per heavy atom. The summed E-state index contributed by atoms with van der Waals surface area (Å²) < 4.78 is 15.0. The quantitative estimate of drug-likeness (QED) is 0.690. The normalized spacial score (nSPS) is 10.7. The molecule has 1 heterocycles. The molecule has 0 spiro atoms. The molecule has 0 amide bonds. The Labute approximate surface area is 131 Å². The Bertz CT molecular complexity index is 860. The van der Waals surface area contributed by atoms with Crippen LogP contribution in [0.2, 0.25) is 5.02 Å². The fourth-order valence-electron chi connectivity index (χ4n) is 2.30. The number of aldehydes is 1. The predicted octanol–water partition coefficient (Wildman–Crippen LogP) is 3.85. The van der Waals surface area contributed by atoms with Crippen molar-refractivity contribution >= 4 is 17.9 Å². The number of rotatable bonds is 3. The highest BCUT2D eigenvalue weighted by Crippen LogP contribution is 2.27. The fourth-order valence-corrected chi connectivity index (χ4v) is 2.53. The highest BCUT2D eigenvalue weighted by Gasteiger charge is 2.17. The van der Waals surface area contributed by atoms with Crippen LogP contribution < -0.4 is 0 Å². The minimum absolute atomic E-state index is 0.153. The van der Waals surface area contributed by atoms with E-state index in [1.807, 2.05) is 6.92 Å². The molecule has 110 valence electrons. The summed E-state index contributed by atoms with van der Waals surface area (Å²) >= 11 is 5.96. The molecule has 3 aromatic rings. The Morgan fingerprint density at radius 2 is 2.05 bits per heavy atom. The monoisotopic (exact) mass is 315 g/mol. The molecule has 0 atom stereocenters. The molecule has 0 saturated heterocycles. The molecular weight excluding hydrogens is 305 g/mol. The first-order chi connectivity index (χ1) is 10.6. The number of carbonyl (C=O) groups is 1. The summed E-state index contributed by atoms with van der Waals surface area (Å²) in [6.07, 6.45) is 0.606. The van der Waals surface area contributed by atoms with Gasteiger partial charge in [0.2, 0.25) is 0 Å². The van der Waals surface area contributed by atoms with Gasteiger partial charge >= 0.3 is 0 Å². The third-order valence-electron chi connectivity index (χ3n) is 3.29. The maximum atomic E-state index is 13.5. The van der Waals surface area contributed by atoms with Crippen molar-refractivity contribution < 1.29 is 9.18 Å². The minimum atomic E-state index is -0.394. The van der Waals surface area contributed by atoms with E-state index < -0.39 is 5.82 Å². The maximum Gasteiger partial charge on any atom is 0.172 e. The molecule has 0 saturated carbocycles. The molecule has 6 heteroatoms. The number of halogens is 2. The Kier molecular flexibility index (Phi) is 3.73. The molecule has 0 bridgehead atoms. The lowest BCUT2D eigenvalue weighted by molar-refractivity contribution is 0.111. The van der Waals surface area contributed by atoms with E-state index >= 15 is 0 Å². The van der Waals surface area contributed by atoms with Gasteiger partial charge in [-0.05, 0) is 42.8 Å². The third-order valence-corrected chi connectivity index (χ3v) is 3.53. The van der Waals surface area contributed by atoms with Gasteiger partial charge in [-0.25, -0.2) is 9.07 Å². The number of carbonyl (C=O) groups excluding carboxylic acids is 1. The highest BCUT2D eigenvalue weighted by atomic mass is 35.5. The van der Waals surface area contributed by atoms with Crippen LogP contribution in [0.1, 0.15) is 16.1 Å². The van der Waals surface area contributed by atoms with Crippen LogP contribution >= 0.6 is 11.6 Å². The van der Waals surface area contributed by atoms with Crippen LogP contribution in [-0.2, 0) is 0 Å². The zero-order valence-corrected chi connectivity index (χ0v) is 12.4. The number of aryl methyl sites for hydroxylation is 1. The van der Waals surface area contributed by atoms with E-state index in [0.717, 1.165) is 11.3 Å². The molecule has 22 heavy (non-hydrogen) atoms. The maximum absolute atomic E-state index is 13.5. The van der Waals surface area contributed by atoms with Gasteiger partial charge in [0.25, 0.3) is 0 Å². The fraction of sp³-hybridized carbons (Fsp3) is 0.0625. The summed E-state index contributed by atoms with van der Waals surface area (Å²) in [7, 11) is 0. The van der Waals surface area contributed by atoms with Crippen LogP contribution in [0.5, 0.6) is 0 Å². The lowest BCUT2D eigenvalue weighted by Crippen LogP contribution is -2.02. The van der Waals surface area contributed by atoms with Crippen molar-refractivity contribution in [3.05, 3.63) is 64.6 Å². The first-order valence-corrected chi connectivity index (χ1v) is 6.91. The van der Waals surface area contributed by atoms with Crippen LogP contribution in [0.3, 0.4) is 0 Å². The number of aromatic nitrogens is 3. The standard InChI is InChI=1S/C16H11ClFN3O/c1-10-7-12(17)5-6-15(10)21-16(14(9-22)19-20-21)11-3-2-4-13(18)8-11/h2-9H,1H3. The van der Waals surface area contributed by atoms with Crippen molar-refractivity contribution in [2.45, 2.75) is 6.92 Å². The van der Waals surface area contributed by atoms with Gasteiger partial charge in [-0.3, -0.25) is 4.79 Å². The largest absolute Gasteiger partial charge is 0.296 e. The second-order valence-electron chi connectivity index (χ2n) is 4.79. The van der Waals surface area contributed by atoms with Gasteiger partial charge in [-0.1, -0.05) is 28.9 Å². The summed E-state index contributed by atoms with van der Waals surface area (Å²) in [6.45, 7) is 1.87. The van der Waals surface area contributed by atoms with Crippen molar-refractivity contribution in [3.63, 3.8) is 0 Å². The van der Waals surface area contributed by atoms with Gasteiger partial charge in [-0.15, -0.1) is 5.10 Å². The van der Waals surface area contributed by atoms with Crippen molar-refractivity contribution in [1.82, 2.24) is 15.0 Å². The Balaban J connectivity index is 2.26. The van der Waals surface area contributed by atoms with Gasteiger partial charge in [0, 0.05) is 10.6 Å². The number of benzene rings is 2. The molecule has 0 aliphatic rings. The van der Waals surface area contributed by atoms with Gasteiger partial charge < -0.3 is 0 Å². The van der Waals surface area contributed by atoms with E-state index in [9.17, 15) is 9.18 Å². The molecule has 0 fully saturated rings. The Morgan fingerprint density at radius 3 is 2.73 bits per heavy atom. The average molecular weight is 316 g/mol. The molecule has 0 N–H and O–H groups in total. The van der Waals surface area contributed by atoms with Gasteiger partial charge in [0.05, 0.1) is 5.69 Å². The van der Waals surface area contributed by atoms with Crippen molar-refractivity contribution in [2.75, 3.05) is 0 Å². The summed E-state index contributed by atoms with van der Waals surface area (Å²) in [5.41, 5.74) is 2.72. The SMILES string of the molecule is Cc1cc(Cl)ccc1-n1nnc(C=O)c1-c1cccc(F)c1. The van der Waals surface area contributed by atoms with E-state index in [0.29, 0.717) is 22.6 Å². The molecular formula is C16H11ClFN3O. The van der Waals surface area contributed by atoms with Gasteiger partial charge in [0.15, 0.2) is 12.0 Å². The smallest absolute Gasteiger partial charge is 0.172 e. The minimum Gasteiger partial charge on any atom is -0.296 e. The van der Waals surface area contributed by atoms with E-state index in [1.54, 1.807) is 30.3 Å². The number of hydrogen-bond donors (Lipinski definition) is 0. The Hall–Kier alpha value is -2.53. The molecule has 1 aromatic heterocycles. The number of hydrogen-bond acceptors (Lipinski definition) is 3. The molecule has 3 rings (SSSR count). The first kappa shape index (κ1) is 14.4. The molecule has 0 radical (unpaired) electrons. The van der Waals surface area contributed by atoms with Crippen LogP contribution in [0.25, 0.3) is 16.9 Å². The first-order valence-electron chi connectivity index (χ1n) is 6.53. The van der Waals surface area contributed by atoms with Crippen LogP contribution in [0, 0.1) is 12.7 Å². The zero-order valence-electron chi connectivity index (χ0n) is 11.6. The second-order valence-corrected chi connectivity index (χ2v) is 5.23. The van der Waals surface area contributed by atoms with Crippen LogP contribution in [0.4, 0.5) is 4.39 Å². The molecule has 2 aromatic carbocycles. The zero-order chi connectivity index (χ0) is 15.7. The van der Waals surface area contributed by atoms with Gasteiger partial charge in [-0.2, -0.15) is 0 Å².